The summed E-state index contributed by atoms with van der Waals surface area (Å²) in [5.41, 5.74) is 1.23. The van der Waals surface area contributed by atoms with Gasteiger partial charge in [0.05, 0.1) is 19.9 Å². The van der Waals surface area contributed by atoms with Gasteiger partial charge in [-0.05, 0) is 30.5 Å². The second kappa shape index (κ2) is 10.6. The van der Waals surface area contributed by atoms with E-state index in [1.54, 1.807) is 14.7 Å². The molecule has 0 aromatic heterocycles. The zero-order chi connectivity index (χ0) is 25.0. The minimum Gasteiger partial charge on any atom is -0.378 e. The number of urea groups is 1. The van der Waals surface area contributed by atoms with Crippen LogP contribution in [-0.2, 0) is 20.9 Å². The summed E-state index contributed by atoms with van der Waals surface area (Å²) < 4.78 is 5.36. The van der Waals surface area contributed by atoms with Gasteiger partial charge in [0.15, 0.2) is 0 Å². The number of carbonyl (C=O) groups excluding carboxylic acids is 3. The molecule has 3 fully saturated rings. The van der Waals surface area contributed by atoms with E-state index < -0.39 is 5.54 Å². The predicted octanol–water partition coefficient (Wildman–Crippen LogP) is 1.90. The molecule has 0 aliphatic carbocycles. The Morgan fingerprint density at radius 3 is 2.17 bits per heavy atom. The number of carbonyl (C=O) groups is 3. The Morgan fingerprint density at radius 1 is 0.861 bits per heavy atom. The van der Waals surface area contributed by atoms with Crippen molar-refractivity contribution in [3.8, 4) is 0 Å². The molecule has 9 heteroatoms. The fraction of sp³-hybridized carbons (Fsp3) is 0.444. The van der Waals surface area contributed by atoms with E-state index in [-0.39, 0.29) is 24.4 Å². The van der Waals surface area contributed by atoms with Crippen LogP contribution in [0.3, 0.4) is 0 Å². The topological polar surface area (TPSA) is 85.4 Å². The fourth-order valence-corrected chi connectivity index (χ4v) is 5.36. The molecule has 3 aliphatic heterocycles. The van der Waals surface area contributed by atoms with Crippen molar-refractivity contribution in [2.24, 2.45) is 0 Å². The largest absolute Gasteiger partial charge is 0.378 e. The Labute approximate surface area is 211 Å². The summed E-state index contributed by atoms with van der Waals surface area (Å²) in [4.78, 5) is 47.0. The number of nitrogens with zero attached hydrogens (tertiary/aromatic N) is 4. The predicted molar refractivity (Wildman–Crippen MR) is 135 cm³/mol. The third-order valence-corrected chi connectivity index (χ3v) is 7.44. The van der Waals surface area contributed by atoms with Gasteiger partial charge in [-0.1, -0.05) is 48.5 Å². The zero-order valence-corrected chi connectivity index (χ0v) is 20.5. The average molecular weight is 492 g/mol. The SMILES string of the molecule is O=C(CN1CN(c2ccccc2)C2(CCN(C(=O)NCc3ccccc3)CC2)C1=O)N1CCOCC1. The smallest absolute Gasteiger partial charge is 0.317 e. The van der Waals surface area contributed by atoms with Gasteiger partial charge in [-0.2, -0.15) is 0 Å². The third kappa shape index (κ3) is 4.88. The molecule has 190 valence electrons. The number of nitrogens with one attached hydrogen (secondary N) is 1. The summed E-state index contributed by atoms with van der Waals surface area (Å²) in [6.45, 7) is 4.01. The maximum Gasteiger partial charge on any atom is 0.317 e. The summed E-state index contributed by atoms with van der Waals surface area (Å²) in [7, 11) is 0. The maximum absolute atomic E-state index is 13.8. The highest BCUT2D eigenvalue weighted by Crippen LogP contribution is 2.39. The van der Waals surface area contributed by atoms with Crippen molar-refractivity contribution in [2.45, 2.75) is 24.9 Å². The van der Waals surface area contributed by atoms with Crippen LogP contribution in [0.25, 0.3) is 0 Å². The third-order valence-electron chi connectivity index (χ3n) is 7.44. The van der Waals surface area contributed by atoms with Crippen LogP contribution in [0, 0.1) is 0 Å². The number of amides is 4. The quantitative estimate of drug-likeness (QED) is 0.691. The average Bonchev–Trinajstić information content (AvgIpc) is 3.19. The van der Waals surface area contributed by atoms with Gasteiger partial charge in [0.1, 0.15) is 12.1 Å². The standard InChI is InChI=1S/C27H33N5O4/c33-24(29-15-17-36-18-16-29)20-31-21-32(23-9-5-2-6-10-23)27(25(31)34)11-13-30(14-12-27)26(35)28-19-22-7-3-1-4-8-22/h1-10H,11-21H2,(H,28,35). The molecular weight excluding hydrogens is 458 g/mol. The highest BCUT2D eigenvalue weighted by atomic mass is 16.5. The maximum atomic E-state index is 13.8. The molecule has 9 nitrogen and oxygen atoms in total. The van der Waals surface area contributed by atoms with Gasteiger partial charge in [0.2, 0.25) is 5.91 Å². The first-order chi connectivity index (χ1) is 17.6. The molecule has 0 radical (unpaired) electrons. The molecule has 5 rings (SSSR count). The van der Waals surface area contributed by atoms with Crippen LogP contribution in [0.4, 0.5) is 10.5 Å². The van der Waals surface area contributed by atoms with Crippen molar-refractivity contribution in [3.05, 3.63) is 66.2 Å². The van der Waals surface area contributed by atoms with Crippen LogP contribution < -0.4 is 10.2 Å². The molecule has 3 saturated heterocycles. The van der Waals surface area contributed by atoms with Gasteiger partial charge in [0, 0.05) is 38.4 Å². The number of rotatable bonds is 5. The zero-order valence-electron chi connectivity index (χ0n) is 20.5. The molecule has 0 saturated carbocycles. The lowest BCUT2D eigenvalue weighted by Gasteiger charge is -2.43. The summed E-state index contributed by atoms with van der Waals surface area (Å²) in [5.74, 6) is -0.0771. The van der Waals surface area contributed by atoms with E-state index in [2.05, 4.69) is 10.2 Å². The van der Waals surface area contributed by atoms with Crippen molar-refractivity contribution in [3.63, 3.8) is 0 Å². The Balaban J connectivity index is 1.27. The van der Waals surface area contributed by atoms with Crippen LogP contribution >= 0.6 is 0 Å². The first kappa shape index (κ1) is 24.1. The van der Waals surface area contributed by atoms with Crippen LogP contribution in [0.15, 0.2) is 60.7 Å². The molecule has 0 atom stereocenters. The van der Waals surface area contributed by atoms with Crippen molar-refractivity contribution in [1.82, 2.24) is 20.0 Å². The van der Waals surface area contributed by atoms with Gasteiger partial charge in [-0.15, -0.1) is 0 Å². The van der Waals surface area contributed by atoms with Crippen molar-refractivity contribution < 1.29 is 19.1 Å². The van der Waals surface area contributed by atoms with E-state index in [9.17, 15) is 14.4 Å². The lowest BCUT2D eigenvalue weighted by molar-refractivity contribution is -0.143. The molecule has 2 aromatic carbocycles. The summed E-state index contributed by atoms with van der Waals surface area (Å²) in [5, 5.41) is 2.99. The van der Waals surface area contributed by atoms with Crippen LogP contribution in [0.1, 0.15) is 18.4 Å². The Bertz CT molecular complexity index is 1070. The number of hydrogen-bond acceptors (Lipinski definition) is 5. The van der Waals surface area contributed by atoms with Crippen molar-refractivity contribution in [2.75, 3.05) is 57.5 Å². The highest BCUT2D eigenvalue weighted by Gasteiger charge is 2.54. The van der Waals surface area contributed by atoms with E-state index in [1.807, 2.05) is 60.7 Å². The number of morpholine rings is 1. The monoisotopic (exact) mass is 491 g/mol. The van der Waals surface area contributed by atoms with Crippen LogP contribution in [0.5, 0.6) is 0 Å². The molecule has 2 aromatic rings. The number of anilines is 1. The minimum atomic E-state index is -0.761. The van der Waals surface area contributed by atoms with Gasteiger partial charge in [-0.25, -0.2) is 4.79 Å². The van der Waals surface area contributed by atoms with Crippen molar-refractivity contribution >= 4 is 23.5 Å². The first-order valence-corrected chi connectivity index (χ1v) is 12.6. The summed E-state index contributed by atoms with van der Waals surface area (Å²) >= 11 is 0. The number of ether oxygens (including phenoxy) is 1. The normalized spacial score (nSPS) is 19.6. The van der Waals surface area contributed by atoms with Gasteiger partial charge >= 0.3 is 6.03 Å². The Kier molecular flexibility index (Phi) is 7.09. The van der Waals surface area contributed by atoms with E-state index in [0.29, 0.717) is 65.4 Å². The number of benzene rings is 2. The van der Waals surface area contributed by atoms with Crippen LogP contribution in [0.2, 0.25) is 0 Å². The first-order valence-electron chi connectivity index (χ1n) is 12.6. The molecule has 36 heavy (non-hydrogen) atoms. The van der Waals surface area contributed by atoms with E-state index in [0.717, 1.165) is 11.3 Å². The van der Waals surface area contributed by atoms with Gasteiger partial charge in [0.25, 0.3) is 5.91 Å². The molecule has 1 N–H and O–H groups in total. The van der Waals surface area contributed by atoms with E-state index >= 15 is 0 Å². The Morgan fingerprint density at radius 2 is 1.50 bits per heavy atom. The van der Waals surface area contributed by atoms with Gasteiger partial charge < -0.3 is 29.7 Å². The molecule has 1 spiro atoms. The molecule has 0 bridgehead atoms. The van der Waals surface area contributed by atoms with Crippen LogP contribution in [-0.4, -0.2) is 90.7 Å². The fourth-order valence-electron chi connectivity index (χ4n) is 5.36. The second-order valence-corrected chi connectivity index (χ2v) is 9.56. The second-order valence-electron chi connectivity index (χ2n) is 9.56. The number of likely N-dealkylation sites (tertiary alicyclic amines) is 1. The highest BCUT2D eigenvalue weighted by molar-refractivity contribution is 5.96. The number of para-hydroxylation sites is 1. The lowest BCUT2D eigenvalue weighted by atomic mass is 9.85. The van der Waals surface area contributed by atoms with Crippen molar-refractivity contribution in [1.29, 1.82) is 0 Å². The molecule has 3 aliphatic rings. The molecular formula is C27H33N5O4. The minimum absolute atomic E-state index is 0.0303. The van der Waals surface area contributed by atoms with E-state index in [4.69, 9.17) is 4.74 Å². The molecule has 4 amide bonds. The number of piperidine rings is 1. The number of hydrogen-bond donors (Lipinski definition) is 1. The van der Waals surface area contributed by atoms with Gasteiger partial charge in [-0.3, -0.25) is 9.59 Å². The molecule has 0 unspecified atom stereocenters. The summed E-state index contributed by atoms with van der Waals surface area (Å²) in [6.07, 6.45) is 1.03. The lowest BCUT2D eigenvalue weighted by Crippen LogP contribution is -2.58. The van der Waals surface area contributed by atoms with E-state index in [1.165, 1.54) is 0 Å². The summed E-state index contributed by atoms with van der Waals surface area (Å²) in [6, 6.07) is 19.6. The molecule has 3 heterocycles. The Hall–Kier alpha value is -3.59.